The maximum absolute atomic E-state index is 12.7. The van der Waals surface area contributed by atoms with Crippen molar-refractivity contribution in [2.75, 3.05) is 0 Å². The molecule has 0 saturated carbocycles. The van der Waals surface area contributed by atoms with Gasteiger partial charge in [-0.25, -0.2) is 8.42 Å². The highest BCUT2D eigenvalue weighted by molar-refractivity contribution is 7.92. The van der Waals surface area contributed by atoms with Crippen LogP contribution in [0.2, 0.25) is 4.34 Å². The fraction of sp³-hybridized carbons (Fsp3) is 0. The van der Waals surface area contributed by atoms with Crippen LogP contribution in [-0.4, -0.2) is 8.42 Å². The molecule has 0 N–H and O–H groups in total. The zero-order valence-corrected chi connectivity index (χ0v) is 12.1. The third-order valence-corrected chi connectivity index (χ3v) is 6.31. The van der Waals surface area contributed by atoms with Crippen LogP contribution in [0.4, 0.5) is 0 Å². The molecule has 96 valence electrons. The van der Waals surface area contributed by atoms with Gasteiger partial charge < -0.3 is 0 Å². The maximum atomic E-state index is 12.7. The van der Waals surface area contributed by atoms with E-state index in [4.69, 9.17) is 11.6 Å². The molecule has 0 radical (unpaired) electrons. The SMILES string of the molecule is O=S(=O)(c1ccccc1)c1c(Cl)sc2ccccc12. The van der Waals surface area contributed by atoms with E-state index in [1.54, 1.807) is 36.4 Å². The average Bonchev–Trinajstić information content (AvgIpc) is 2.76. The van der Waals surface area contributed by atoms with Crippen LogP contribution in [0.3, 0.4) is 0 Å². The zero-order chi connectivity index (χ0) is 13.5. The highest BCUT2D eigenvalue weighted by Gasteiger charge is 2.25. The minimum absolute atomic E-state index is 0.209. The zero-order valence-electron chi connectivity index (χ0n) is 9.71. The first-order valence-corrected chi connectivity index (χ1v) is 8.25. The summed E-state index contributed by atoms with van der Waals surface area (Å²) in [4.78, 5) is 0.474. The Morgan fingerprint density at radius 2 is 1.53 bits per heavy atom. The molecule has 1 aromatic heterocycles. The number of halogens is 1. The van der Waals surface area contributed by atoms with Crippen molar-refractivity contribution in [2.45, 2.75) is 9.79 Å². The van der Waals surface area contributed by atoms with Gasteiger partial charge in [0.25, 0.3) is 0 Å². The Morgan fingerprint density at radius 3 is 2.26 bits per heavy atom. The molecule has 0 fully saturated rings. The lowest BCUT2D eigenvalue weighted by Gasteiger charge is -2.03. The molecule has 19 heavy (non-hydrogen) atoms. The van der Waals surface area contributed by atoms with Crippen molar-refractivity contribution in [3.63, 3.8) is 0 Å². The standard InChI is InChI=1S/C14H9ClO2S2/c15-14-13(11-8-4-5-9-12(11)18-14)19(16,17)10-6-2-1-3-7-10/h1-9H. The van der Waals surface area contributed by atoms with E-state index in [0.717, 1.165) is 4.70 Å². The van der Waals surface area contributed by atoms with Gasteiger partial charge in [-0.1, -0.05) is 48.0 Å². The van der Waals surface area contributed by atoms with Crippen LogP contribution in [0.5, 0.6) is 0 Å². The van der Waals surface area contributed by atoms with E-state index in [1.807, 2.05) is 18.2 Å². The van der Waals surface area contributed by atoms with Crippen molar-refractivity contribution in [3.8, 4) is 0 Å². The van der Waals surface area contributed by atoms with E-state index >= 15 is 0 Å². The summed E-state index contributed by atoms with van der Waals surface area (Å²) in [5, 5.41) is 0.682. The number of sulfone groups is 1. The van der Waals surface area contributed by atoms with E-state index in [-0.39, 0.29) is 9.79 Å². The molecular weight excluding hydrogens is 300 g/mol. The molecule has 0 aliphatic rings. The van der Waals surface area contributed by atoms with Crippen LogP contribution < -0.4 is 0 Å². The molecule has 1 heterocycles. The molecular formula is C14H9ClO2S2. The Morgan fingerprint density at radius 1 is 0.895 bits per heavy atom. The Labute approximate surface area is 120 Å². The molecule has 2 nitrogen and oxygen atoms in total. The van der Waals surface area contributed by atoms with Gasteiger partial charge in [-0.15, -0.1) is 11.3 Å². The highest BCUT2D eigenvalue weighted by Crippen LogP contribution is 2.40. The van der Waals surface area contributed by atoms with E-state index in [2.05, 4.69) is 0 Å². The van der Waals surface area contributed by atoms with Gasteiger partial charge in [0.1, 0.15) is 9.23 Å². The Kier molecular flexibility index (Phi) is 3.09. The van der Waals surface area contributed by atoms with Gasteiger partial charge in [0.15, 0.2) is 0 Å². The average molecular weight is 309 g/mol. The maximum Gasteiger partial charge on any atom is 0.209 e. The summed E-state index contributed by atoms with van der Waals surface area (Å²) >= 11 is 7.43. The quantitative estimate of drug-likeness (QED) is 0.703. The highest BCUT2D eigenvalue weighted by atomic mass is 35.5. The molecule has 0 saturated heterocycles. The van der Waals surface area contributed by atoms with Crippen LogP contribution in [0.25, 0.3) is 10.1 Å². The third-order valence-electron chi connectivity index (χ3n) is 2.83. The number of benzene rings is 2. The molecule has 0 unspecified atom stereocenters. The van der Waals surface area contributed by atoms with E-state index in [9.17, 15) is 8.42 Å². The fourth-order valence-electron chi connectivity index (χ4n) is 1.96. The molecule has 0 amide bonds. The summed E-state index contributed by atoms with van der Waals surface area (Å²) in [6.45, 7) is 0. The smallest absolute Gasteiger partial charge is 0.209 e. The summed E-state index contributed by atoms with van der Waals surface area (Å²) in [5.74, 6) is 0. The molecule has 0 aliphatic heterocycles. The van der Waals surface area contributed by atoms with E-state index in [1.165, 1.54) is 11.3 Å². The minimum Gasteiger partial charge on any atom is -0.218 e. The van der Waals surface area contributed by atoms with Gasteiger partial charge in [-0.3, -0.25) is 0 Å². The second-order valence-electron chi connectivity index (χ2n) is 4.02. The van der Waals surface area contributed by atoms with Crippen LogP contribution in [0, 0.1) is 0 Å². The van der Waals surface area contributed by atoms with Gasteiger partial charge in [0.2, 0.25) is 9.84 Å². The summed E-state index contributed by atoms with van der Waals surface area (Å²) in [6.07, 6.45) is 0. The van der Waals surface area contributed by atoms with Gasteiger partial charge in [-0.2, -0.15) is 0 Å². The number of thiophene rings is 1. The number of fused-ring (bicyclic) bond motifs is 1. The predicted octanol–water partition coefficient (Wildman–Crippen LogP) is 4.39. The summed E-state index contributed by atoms with van der Waals surface area (Å²) in [6, 6.07) is 15.7. The van der Waals surface area contributed by atoms with Crippen molar-refractivity contribution >= 4 is 42.9 Å². The first-order valence-electron chi connectivity index (χ1n) is 5.58. The molecule has 0 aliphatic carbocycles. The Balaban J connectivity index is 2.34. The van der Waals surface area contributed by atoms with Crippen molar-refractivity contribution in [3.05, 3.63) is 58.9 Å². The van der Waals surface area contributed by atoms with Gasteiger partial charge >= 0.3 is 0 Å². The molecule has 0 atom stereocenters. The fourth-order valence-corrected chi connectivity index (χ4v) is 5.39. The molecule has 2 aromatic carbocycles. The topological polar surface area (TPSA) is 34.1 Å². The van der Waals surface area contributed by atoms with Crippen molar-refractivity contribution in [2.24, 2.45) is 0 Å². The van der Waals surface area contributed by atoms with Crippen LogP contribution in [0.15, 0.2) is 64.4 Å². The van der Waals surface area contributed by atoms with E-state index in [0.29, 0.717) is 9.72 Å². The van der Waals surface area contributed by atoms with Crippen molar-refractivity contribution in [1.82, 2.24) is 0 Å². The van der Waals surface area contributed by atoms with Crippen LogP contribution >= 0.6 is 22.9 Å². The molecule has 5 heteroatoms. The lowest BCUT2D eigenvalue weighted by Crippen LogP contribution is -2.01. The van der Waals surface area contributed by atoms with Crippen LogP contribution in [0.1, 0.15) is 0 Å². The van der Waals surface area contributed by atoms with Gasteiger partial charge in [0.05, 0.1) is 4.90 Å². The first kappa shape index (κ1) is 12.7. The molecule has 3 rings (SSSR count). The number of rotatable bonds is 2. The largest absolute Gasteiger partial charge is 0.218 e. The lowest BCUT2D eigenvalue weighted by atomic mass is 10.3. The Hall–Kier alpha value is -1.36. The molecule has 0 bridgehead atoms. The van der Waals surface area contributed by atoms with Gasteiger partial charge in [-0.05, 0) is 18.2 Å². The molecule has 3 aromatic rings. The summed E-state index contributed by atoms with van der Waals surface area (Å²) in [5.41, 5.74) is 0. The Bertz CT molecular complexity index is 836. The summed E-state index contributed by atoms with van der Waals surface area (Å²) < 4.78 is 26.5. The first-order chi connectivity index (χ1) is 9.10. The third kappa shape index (κ3) is 2.06. The van der Waals surface area contributed by atoms with Crippen molar-refractivity contribution in [1.29, 1.82) is 0 Å². The number of hydrogen-bond donors (Lipinski definition) is 0. The second-order valence-corrected chi connectivity index (χ2v) is 7.56. The predicted molar refractivity (Wildman–Crippen MR) is 78.7 cm³/mol. The van der Waals surface area contributed by atoms with Crippen LogP contribution in [-0.2, 0) is 9.84 Å². The number of hydrogen-bond acceptors (Lipinski definition) is 3. The molecule has 0 spiro atoms. The van der Waals surface area contributed by atoms with Crippen molar-refractivity contribution < 1.29 is 8.42 Å². The second kappa shape index (κ2) is 4.63. The summed E-state index contributed by atoms with van der Waals surface area (Å²) in [7, 11) is -3.57. The minimum atomic E-state index is -3.57. The monoisotopic (exact) mass is 308 g/mol. The van der Waals surface area contributed by atoms with E-state index < -0.39 is 9.84 Å². The van der Waals surface area contributed by atoms with Gasteiger partial charge in [0, 0.05) is 10.1 Å². The normalized spacial score (nSPS) is 11.8. The lowest BCUT2D eigenvalue weighted by molar-refractivity contribution is 0.597.